The number of carbonyl (C=O) groups excluding carboxylic acids is 3. The summed E-state index contributed by atoms with van der Waals surface area (Å²) in [6.07, 6.45) is 3.48. The first-order valence-electron chi connectivity index (χ1n) is 12.5. The molecule has 1 heterocycles. The van der Waals surface area contributed by atoms with E-state index < -0.39 is 22.8 Å². The van der Waals surface area contributed by atoms with Crippen LogP contribution in [0.5, 0.6) is 11.5 Å². The predicted octanol–water partition coefficient (Wildman–Crippen LogP) is 5.28. The number of imide groups is 2. The highest BCUT2D eigenvalue weighted by atomic mass is 16.6. The molecule has 1 aliphatic rings. The zero-order chi connectivity index (χ0) is 28.8. The Kier molecular flexibility index (Phi) is 8.39. The van der Waals surface area contributed by atoms with Gasteiger partial charge in [-0.05, 0) is 73.4 Å². The van der Waals surface area contributed by atoms with Crippen LogP contribution in [0.25, 0.3) is 6.08 Å². The number of hydrogen-bond donors (Lipinski definition) is 1. The van der Waals surface area contributed by atoms with Gasteiger partial charge in [0.1, 0.15) is 12.2 Å². The number of benzene rings is 3. The van der Waals surface area contributed by atoms with Crippen molar-refractivity contribution in [3.63, 3.8) is 0 Å². The Morgan fingerprint density at radius 2 is 1.77 bits per heavy atom. The van der Waals surface area contributed by atoms with Gasteiger partial charge >= 0.3 is 6.03 Å². The zero-order valence-corrected chi connectivity index (χ0v) is 22.0. The number of barbiturate groups is 1. The molecule has 10 heteroatoms. The highest BCUT2D eigenvalue weighted by Gasteiger charge is 2.37. The van der Waals surface area contributed by atoms with Crippen LogP contribution >= 0.6 is 0 Å². The van der Waals surface area contributed by atoms with Gasteiger partial charge in [-0.1, -0.05) is 24.3 Å². The topological polar surface area (TPSA) is 128 Å². The molecule has 4 rings (SSSR count). The molecule has 0 aromatic heterocycles. The monoisotopic (exact) mass is 541 g/mol. The summed E-state index contributed by atoms with van der Waals surface area (Å²) in [6, 6.07) is 15.5. The number of amides is 4. The first-order chi connectivity index (χ1) is 19.2. The second-order valence-corrected chi connectivity index (χ2v) is 8.89. The number of carbonyl (C=O) groups is 3. The van der Waals surface area contributed by atoms with E-state index in [0.717, 1.165) is 4.90 Å². The van der Waals surface area contributed by atoms with Crippen LogP contribution in [0.2, 0.25) is 0 Å². The number of non-ortho nitro benzene ring substituents is 1. The van der Waals surface area contributed by atoms with E-state index >= 15 is 0 Å². The fourth-order valence-electron chi connectivity index (χ4n) is 4.23. The summed E-state index contributed by atoms with van der Waals surface area (Å²) in [5, 5.41) is 13.2. The second kappa shape index (κ2) is 12.1. The van der Waals surface area contributed by atoms with Crippen LogP contribution in [-0.2, 0) is 22.6 Å². The minimum atomic E-state index is -0.821. The lowest BCUT2D eigenvalue weighted by Crippen LogP contribution is -2.54. The fraction of sp³-hybridized carbons (Fsp3) is 0.167. The van der Waals surface area contributed by atoms with Crippen molar-refractivity contribution in [2.75, 3.05) is 11.5 Å². The summed E-state index contributed by atoms with van der Waals surface area (Å²) in [4.78, 5) is 50.1. The molecular weight excluding hydrogens is 514 g/mol. The van der Waals surface area contributed by atoms with Crippen LogP contribution in [0.1, 0.15) is 29.2 Å². The van der Waals surface area contributed by atoms with Crippen molar-refractivity contribution in [2.45, 2.75) is 26.9 Å². The number of allylic oxidation sites excluding steroid dienone is 1. The van der Waals surface area contributed by atoms with E-state index in [0.29, 0.717) is 52.5 Å². The van der Waals surface area contributed by atoms with Crippen molar-refractivity contribution in [2.24, 2.45) is 0 Å². The Balaban J connectivity index is 1.70. The molecule has 0 saturated carbocycles. The Hall–Kier alpha value is -5.25. The van der Waals surface area contributed by atoms with E-state index in [4.69, 9.17) is 9.47 Å². The average molecular weight is 542 g/mol. The SMILES string of the molecule is C=CCc1cc(/C=C2\C(=O)NC(=O)N(c3ccccc3C)C2=O)cc(OCC)c1OCc1ccc([N+](=O)[O-])cc1. The maximum atomic E-state index is 13.4. The molecule has 40 heavy (non-hydrogen) atoms. The van der Waals surface area contributed by atoms with E-state index in [-0.39, 0.29) is 17.9 Å². The summed E-state index contributed by atoms with van der Waals surface area (Å²) in [7, 11) is 0. The molecule has 0 atom stereocenters. The maximum Gasteiger partial charge on any atom is 0.335 e. The Morgan fingerprint density at radius 3 is 2.42 bits per heavy atom. The number of nitro groups is 1. The number of nitrogens with zero attached hydrogens (tertiary/aromatic N) is 2. The lowest BCUT2D eigenvalue weighted by Gasteiger charge is -2.27. The van der Waals surface area contributed by atoms with Crippen molar-refractivity contribution in [3.05, 3.63) is 111 Å². The number of para-hydroxylation sites is 1. The molecule has 0 unspecified atom stereocenters. The van der Waals surface area contributed by atoms with Crippen LogP contribution < -0.4 is 19.7 Å². The molecule has 1 aliphatic heterocycles. The summed E-state index contributed by atoms with van der Waals surface area (Å²) in [6.45, 7) is 7.82. The quantitative estimate of drug-likeness (QED) is 0.122. The first-order valence-corrected chi connectivity index (χ1v) is 12.5. The van der Waals surface area contributed by atoms with Gasteiger partial charge in [0, 0.05) is 17.7 Å². The summed E-state index contributed by atoms with van der Waals surface area (Å²) >= 11 is 0. The molecule has 4 amide bonds. The summed E-state index contributed by atoms with van der Waals surface area (Å²) in [5.74, 6) is -0.726. The third-order valence-corrected chi connectivity index (χ3v) is 6.12. The summed E-state index contributed by atoms with van der Waals surface area (Å²) < 4.78 is 11.9. The first kappa shape index (κ1) is 27.8. The standard InChI is InChI=1S/C30H27N3O7/c1-4-8-22-15-21(16-24-28(34)31-30(36)32(29(24)35)25-10-7-6-9-19(25)3)17-26(39-5-2)27(22)40-18-20-11-13-23(14-12-20)33(37)38/h4,6-7,9-17H,1,5,8,18H2,2-3H3,(H,31,34,36)/b24-16+. The highest BCUT2D eigenvalue weighted by molar-refractivity contribution is 6.39. The predicted molar refractivity (Wildman–Crippen MR) is 149 cm³/mol. The molecule has 1 saturated heterocycles. The molecule has 0 bridgehead atoms. The molecule has 0 radical (unpaired) electrons. The Bertz CT molecular complexity index is 1530. The van der Waals surface area contributed by atoms with Gasteiger partial charge in [-0.3, -0.25) is 25.0 Å². The van der Waals surface area contributed by atoms with E-state index in [1.807, 2.05) is 6.92 Å². The van der Waals surface area contributed by atoms with Crippen LogP contribution in [0.3, 0.4) is 0 Å². The lowest BCUT2D eigenvalue weighted by atomic mass is 10.0. The number of hydrogen-bond acceptors (Lipinski definition) is 7. The number of rotatable bonds is 10. The molecule has 3 aromatic rings. The molecule has 0 spiro atoms. The lowest BCUT2D eigenvalue weighted by molar-refractivity contribution is -0.384. The number of urea groups is 1. The van der Waals surface area contributed by atoms with Gasteiger partial charge in [-0.2, -0.15) is 0 Å². The average Bonchev–Trinajstić information content (AvgIpc) is 2.92. The number of aryl methyl sites for hydroxylation is 1. The van der Waals surface area contributed by atoms with Gasteiger partial charge < -0.3 is 9.47 Å². The number of nitro benzene ring substituents is 1. The van der Waals surface area contributed by atoms with Crippen LogP contribution in [0, 0.1) is 17.0 Å². The second-order valence-electron chi connectivity index (χ2n) is 8.89. The molecule has 0 aliphatic carbocycles. The van der Waals surface area contributed by atoms with Crippen molar-refractivity contribution >= 4 is 35.3 Å². The molecule has 1 N–H and O–H groups in total. The number of anilines is 1. The third kappa shape index (κ3) is 5.91. The Labute approximate surface area is 230 Å². The van der Waals surface area contributed by atoms with E-state index in [1.54, 1.807) is 61.5 Å². The minimum Gasteiger partial charge on any atom is -0.490 e. The minimum absolute atomic E-state index is 0.0209. The molecule has 1 fully saturated rings. The van der Waals surface area contributed by atoms with Crippen molar-refractivity contribution in [1.29, 1.82) is 0 Å². The summed E-state index contributed by atoms with van der Waals surface area (Å²) in [5.41, 5.74) is 2.73. The normalized spacial score (nSPS) is 14.2. The van der Waals surface area contributed by atoms with Gasteiger partial charge in [0.25, 0.3) is 17.5 Å². The van der Waals surface area contributed by atoms with E-state index in [2.05, 4.69) is 11.9 Å². The zero-order valence-electron chi connectivity index (χ0n) is 22.0. The third-order valence-electron chi connectivity index (χ3n) is 6.12. The van der Waals surface area contributed by atoms with Crippen molar-refractivity contribution < 1.29 is 28.8 Å². The van der Waals surface area contributed by atoms with Gasteiger partial charge in [0.15, 0.2) is 11.5 Å². The molecule has 204 valence electrons. The van der Waals surface area contributed by atoms with Gasteiger partial charge in [-0.25, -0.2) is 9.69 Å². The van der Waals surface area contributed by atoms with E-state index in [9.17, 15) is 24.5 Å². The Morgan fingerprint density at radius 1 is 1.05 bits per heavy atom. The highest BCUT2D eigenvalue weighted by Crippen LogP contribution is 2.36. The van der Waals surface area contributed by atoms with Crippen molar-refractivity contribution in [1.82, 2.24) is 5.32 Å². The van der Waals surface area contributed by atoms with E-state index in [1.165, 1.54) is 18.2 Å². The number of ether oxygens (including phenoxy) is 2. The molecule has 3 aromatic carbocycles. The maximum absolute atomic E-state index is 13.4. The van der Waals surface area contributed by atoms with Crippen molar-refractivity contribution in [3.8, 4) is 11.5 Å². The van der Waals surface area contributed by atoms with Crippen LogP contribution in [-0.4, -0.2) is 29.4 Å². The van der Waals surface area contributed by atoms with Gasteiger partial charge in [-0.15, -0.1) is 6.58 Å². The fourth-order valence-corrected chi connectivity index (χ4v) is 4.23. The number of nitrogens with one attached hydrogen (secondary N) is 1. The van der Waals surface area contributed by atoms with Gasteiger partial charge in [0.05, 0.1) is 17.2 Å². The smallest absolute Gasteiger partial charge is 0.335 e. The molecular formula is C30H27N3O7. The largest absolute Gasteiger partial charge is 0.490 e. The van der Waals surface area contributed by atoms with Crippen LogP contribution in [0.15, 0.2) is 78.9 Å². The molecule has 10 nitrogen and oxygen atoms in total. The van der Waals surface area contributed by atoms with Crippen LogP contribution in [0.4, 0.5) is 16.2 Å². The van der Waals surface area contributed by atoms with Gasteiger partial charge in [0.2, 0.25) is 0 Å².